The lowest BCUT2D eigenvalue weighted by molar-refractivity contribution is 0.145. The van der Waals surface area contributed by atoms with Crippen molar-refractivity contribution < 1.29 is 18.3 Å². The van der Waals surface area contributed by atoms with E-state index in [2.05, 4.69) is 0 Å². The second-order valence-electron chi connectivity index (χ2n) is 2.05. The number of alkyl halides is 2. The van der Waals surface area contributed by atoms with E-state index in [0.29, 0.717) is 6.07 Å². The maximum Gasteiger partial charge on any atom is 0.272 e. The fourth-order valence-electron chi connectivity index (χ4n) is 0.737. The molecule has 6 heteroatoms. The summed E-state index contributed by atoms with van der Waals surface area (Å²) in [5.41, 5.74) is -2.43. The molecular formula is C6H4F3NO2. The molecule has 0 aromatic carbocycles. The van der Waals surface area contributed by atoms with Gasteiger partial charge in [0.1, 0.15) is 11.3 Å². The number of aromatic nitrogens is 1. The van der Waals surface area contributed by atoms with Gasteiger partial charge in [-0.05, 0) is 0 Å². The van der Waals surface area contributed by atoms with Crippen LogP contribution in [0.2, 0.25) is 0 Å². The number of aromatic amines is 1. The van der Waals surface area contributed by atoms with Crippen molar-refractivity contribution in [3.8, 4) is 5.75 Å². The Morgan fingerprint density at radius 1 is 1.50 bits per heavy atom. The Kier molecular flexibility index (Phi) is 2.07. The van der Waals surface area contributed by atoms with Crippen molar-refractivity contribution in [1.29, 1.82) is 0 Å². The maximum absolute atomic E-state index is 12.2. The van der Waals surface area contributed by atoms with Gasteiger partial charge in [-0.15, -0.1) is 0 Å². The molecule has 12 heavy (non-hydrogen) atoms. The van der Waals surface area contributed by atoms with Crippen molar-refractivity contribution in [2.75, 3.05) is 0 Å². The molecular weight excluding hydrogens is 175 g/mol. The number of pyridine rings is 1. The minimum absolute atomic E-state index is 0.420. The molecule has 0 fully saturated rings. The fourth-order valence-corrected chi connectivity index (χ4v) is 0.737. The molecule has 1 aromatic rings. The molecule has 1 aromatic heterocycles. The van der Waals surface area contributed by atoms with Gasteiger partial charge in [0.15, 0.2) is 5.95 Å². The number of rotatable bonds is 1. The molecule has 0 aliphatic carbocycles. The molecule has 0 amide bonds. The summed E-state index contributed by atoms with van der Waals surface area (Å²) in [6.07, 6.45) is -3.12. The summed E-state index contributed by atoms with van der Waals surface area (Å²) in [5.74, 6) is -2.19. The average Bonchev–Trinajstić information content (AvgIpc) is 1.82. The molecule has 0 saturated heterocycles. The highest BCUT2D eigenvalue weighted by atomic mass is 19.3. The van der Waals surface area contributed by atoms with Gasteiger partial charge in [-0.2, -0.15) is 4.39 Å². The Balaban J connectivity index is 3.39. The van der Waals surface area contributed by atoms with Gasteiger partial charge in [-0.1, -0.05) is 0 Å². The highest BCUT2D eigenvalue weighted by Crippen LogP contribution is 2.23. The Morgan fingerprint density at radius 3 is 2.50 bits per heavy atom. The van der Waals surface area contributed by atoms with Crippen LogP contribution in [0, 0.1) is 5.95 Å². The van der Waals surface area contributed by atoms with Gasteiger partial charge >= 0.3 is 0 Å². The van der Waals surface area contributed by atoms with E-state index in [1.54, 1.807) is 0 Å². The molecule has 0 bridgehead atoms. The Bertz CT molecular complexity index is 347. The molecule has 0 saturated carbocycles. The monoisotopic (exact) mass is 179 g/mol. The third kappa shape index (κ3) is 1.41. The smallest absolute Gasteiger partial charge is 0.272 e. The number of aromatic hydroxyl groups is 1. The summed E-state index contributed by atoms with van der Waals surface area (Å²) in [5, 5.41) is 8.70. The summed E-state index contributed by atoms with van der Waals surface area (Å²) in [7, 11) is 0. The zero-order valence-corrected chi connectivity index (χ0v) is 5.64. The number of H-pyrrole nitrogens is 1. The van der Waals surface area contributed by atoms with Gasteiger partial charge in [0.2, 0.25) is 0 Å². The van der Waals surface area contributed by atoms with Crippen LogP contribution in [0.1, 0.15) is 12.0 Å². The summed E-state index contributed by atoms with van der Waals surface area (Å²) in [4.78, 5) is 12.1. The molecule has 0 spiro atoms. The molecule has 1 heterocycles. The Labute approximate surface area is 64.5 Å². The van der Waals surface area contributed by atoms with Gasteiger partial charge in [-0.25, -0.2) is 8.78 Å². The third-order valence-corrected chi connectivity index (χ3v) is 1.24. The largest absolute Gasteiger partial charge is 0.507 e. The van der Waals surface area contributed by atoms with E-state index in [1.165, 1.54) is 4.98 Å². The lowest BCUT2D eigenvalue weighted by atomic mass is 10.2. The second kappa shape index (κ2) is 2.88. The first kappa shape index (κ1) is 8.63. The van der Waals surface area contributed by atoms with Crippen LogP contribution < -0.4 is 5.56 Å². The van der Waals surface area contributed by atoms with E-state index >= 15 is 0 Å². The van der Waals surface area contributed by atoms with Crippen LogP contribution in [-0.2, 0) is 0 Å². The summed E-state index contributed by atoms with van der Waals surface area (Å²) < 4.78 is 36.0. The SMILES string of the molecule is O=c1[nH]c(F)cc(O)c1C(F)F. The van der Waals surface area contributed by atoms with E-state index in [0.717, 1.165) is 0 Å². The van der Waals surface area contributed by atoms with E-state index in [9.17, 15) is 18.0 Å². The van der Waals surface area contributed by atoms with E-state index in [-0.39, 0.29) is 0 Å². The van der Waals surface area contributed by atoms with Crippen molar-refractivity contribution in [3.05, 3.63) is 27.9 Å². The van der Waals surface area contributed by atoms with Crippen LogP contribution in [0.25, 0.3) is 0 Å². The van der Waals surface area contributed by atoms with Crippen molar-refractivity contribution in [2.24, 2.45) is 0 Å². The molecule has 0 atom stereocenters. The van der Waals surface area contributed by atoms with Crippen LogP contribution >= 0.6 is 0 Å². The molecule has 1 rings (SSSR count). The Morgan fingerprint density at radius 2 is 2.08 bits per heavy atom. The zero-order chi connectivity index (χ0) is 9.30. The second-order valence-corrected chi connectivity index (χ2v) is 2.05. The molecule has 3 nitrogen and oxygen atoms in total. The lowest BCUT2D eigenvalue weighted by Crippen LogP contribution is -2.14. The summed E-state index contributed by atoms with van der Waals surface area (Å²) in [6, 6.07) is 0.420. The van der Waals surface area contributed by atoms with E-state index in [4.69, 9.17) is 5.11 Å². The van der Waals surface area contributed by atoms with E-state index in [1.807, 2.05) is 0 Å². The predicted octanol–water partition coefficient (Wildman–Crippen LogP) is 1.16. The van der Waals surface area contributed by atoms with E-state index < -0.39 is 29.2 Å². The normalized spacial score (nSPS) is 10.7. The van der Waals surface area contributed by atoms with Crippen molar-refractivity contribution in [1.82, 2.24) is 4.98 Å². The summed E-state index contributed by atoms with van der Waals surface area (Å²) in [6.45, 7) is 0. The molecule has 66 valence electrons. The van der Waals surface area contributed by atoms with Crippen molar-refractivity contribution in [3.63, 3.8) is 0 Å². The molecule has 0 radical (unpaired) electrons. The molecule has 0 aliphatic rings. The predicted molar refractivity (Wildman–Crippen MR) is 33.6 cm³/mol. The number of hydrogen-bond donors (Lipinski definition) is 2. The molecule has 0 aliphatic heterocycles. The van der Waals surface area contributed by atoms with Gasteiger partial charge < -0.3 is 5.11 Å². The van der Waals surface area contributed by atoms with Gasteiger partial charge in [0, 0.05) is 6.07 Å². The van der Waals surface area contributed by atoms with Crippen molar-refractivity contribution >= 4 is 0 Å². The highest BCUT2D eigenvalue weighted by Gasteiger charge is 2.18. The standard InChI is InChI=1S/C6H4F3NO2/c7-3-1-2(11)4(5(8)9)6(12)10-3/h1,5H,(H2,10,11,12). The molecule has 2 N–H and O–H groups in total. The number of halogens is 3. The quantitative estimate of drug-likeness (QED) is 0.635. The lowest BCUT2D eigenvalue weighted by Gasteiger charge is -2.00. The first-order valence-electron chi connectivity index (χ1n) is 2.92. The minimum atomic E-state index is -3.12. The third-order valence-electron chi connectivity index (χ3n) is 1.24. The van der Waals surface area contributed by atoms with Crippen LogP contribution in [0.4, 0.5) is 13.2 Å². The summed E-state index contributed by atoms with van der Waals surface area (Å²) >= 11 is 0. The zero-order valence-electron chi connectivity index (χ0n) is 5.64. The maximum atomic E-state index is 12.2. The fraction of sp³-hybridized carbons (Fsp3) is 0.167. The number of hydrogen-bond acceptors (Lipinski definition) is 2. The average molecular weight is 179 g/mol. The first-order valence-corrected chi connectivity index (χ1v) is 2.92. The van der Waals surface area contributed by atoms with Gasteiger partial charge in [0.25, 0.3) is 12.0 Å². The topological polar surface area (TPSA) is 53.1 Å². The van der Waals surface area contributed by atoms with Crippen LogP contribution in [0.5, 0.6) is 5.75 Å². The van der Waals surface area contributed by atoms with Gasteiger partial charge in [0.05, 0.1) is 0 Å². The van der Waals surface area contributed by atoms with Crippen molar-refractivity contribution in [2.45, 2.75) is 6.43 Å². The van der Waals surface area contributed by atoms with Crippen LogP contribution in [0.15, 0.2) is 10.9 Å². The molecule has 0 unspecified atom stereocenters. The minimum Gasteiger partial charge on any atom is -0.507 e. The number of nitrogens with one attached hydrogen (secondary N) is 1. The van der Waals surface area contributed by atoms with Crippen LogP contribution in [0.3, 0.4) is 0 Å². The first-order chi connectivity index (χ1) is 5.52. The Hall–Kier alpha value is -1.46. The van der Waals surface area contributed by atoms with Crippen LogP contribution in [-0.4, -0.2) is 10.1 Å². The van der Waals surface area contributed by atoms with Gasteiger partial charge in [-0.3, -0.25) is 9.78 Å². The highest BCUT2D eigenvalue weighted by molar-refractivity contribution is 5.29.